The highest BCUT2D eigenvalue weighted by atomic mass is 32.2. The number of carbonyl (C=O) groups is 1. The first kappa shape index (κ1) is 18.5. The van der Waals surface area contributed by atoms with Crippen molar-refractivity contribution in [3.05, 3.63) is 53.5 Å². The van der Waals surface area contributed by atoms with Crippen molar-refractivity contribution in [3.63, 3.8) is 0 Å². The molecule has 3 rings (SSSR count). The Morgan fingerprint density at radius 2 is 2.08 bits per heavy atom. The third kappa shape index (κ3) is 4.46. The lowest BCUT2D eigenvalue weighted by atomic mass is 10.1. The summed E-state index contributed by atoms with van der Waals surface area (Å²) < 4.78 is 34.6. The zero-order chi connectivity index (χ0) is 18.7. The average Bonchev–Trinajstić information content (AvgIpc) is 3.22. The minimum absolute atomic E-state index is 0.0108. The molecule has 0 bridgehead atoms. The number of rotatable bonds is 6. The molecule has 1 atom stereocenters. The minimum atomic E-state index is -3.10. The fourth-order valence-corrected chi connectivity index (χ4v) is 4.77. The summed E-state index contributed by atoms with van der Waals surface area (Å²) in [6.45, 7) is 4.09. The molecule has 0 radical (unpaired) electrons. The number of amides is 1. The summed E-state index contributed by atoms with van der Waals surface area (Å²) in [5.41, 5.74) is 2.24. The van der Waals surface area contributed by atoms with Gasteiger partial charge in [-0.2, -0.15) is 0 Å². The Balaban J connectivity index is 1.70. The molecule has 1 amide bonds. The molecule has 0 N–H and O–H groups in total. The molecule has 1 aromatic heterocycles. The Morgan fingerprint density at radius 1 is 1.27 bits per heavy atom. The van der Waals surface area contributed by atoms with Crippen LogP contribution in [0.2, 0.25) is 0 Å². The lowest BCUT2D eigenvalue weighted by molar-refractivity contribution is -0.136. The van der Waals surface area contributed by atoms with Gasteiger partial charge in [0.15, 0.2) is 16.4 Å². The highest BCUT2D eigenvalue weighted by Gasteiger charge is 2.35. The van der Waals surface area contributed by atoms with Crippen LogP contribution in [-0.4, -0.2) is 43.4 Å². The van der Waals surface area contributed by atoms with Crippen LogP contribution in [0.15, 0.2) is 41.0 Å². The molecule has 0 saturated carbocycles. The van der Waals surface area contributed by atoms with Gasteiger partial charge in [0, 0.05) is 6.04 Å². The fourth-order valence-electron chi connectivity index (χ4n) is 3.04. The molecule has 6 nitrogen and oxygen atoms in total. The molecule has 0 aliphatic carbocycles. The molecular weight excluding hydrogens is 354 g/mol. The van der Waals surface area contributed by atoms with Gasteiger partial charge >= 0.3 is 0 Å². The highest BCUT2D eigenvalue weighted by Crippen LogP contribution is 2.21. The Hall–Kier alpha value is -2.28. The maximum Gasteiger partial charge on any atom is 0.261 e. The van der Waals surface area contributed by atoms with Crippen molar-refractivity contribution in [3.8, 4) is 5.75 Å². The lowest BCUT2D eigenvalue weighted by Crippen LogP contribution is -2.43. The number of aryl methyl sites for hydroxylation is 2. The molecular formula is C19H23NO5S. The monoisotopic (exact) mass is 377 g/mol. The average molecular weight is 377 g/mol. The SMILES string of the molecule is Cc1ccc(OCC(=O)N(Cc2ccco2)[C@@H]2CCS(=O)(=O)C2)cc1C. The predicted molar refractivity (Wildman–Crippen MR) is 97.7 cm³/mol. The first-order valence-corrected chi connectivity index (χ1v) is 10.4. The largest absolute Gasteiger partial charge is 0.484 e. The molecule has 140 valence electrons. The van der Waals surface area contributed by atoms with Crippen molar-refractivity contribution in [1.82, 2.24) is 4.90 Å². The van der Waals surface area contributed by atoms with Crippen LogP contribution in [0.4, 0.5) is 0 Å². The van der Waals surface area contributed by atoms with E-state index in [1.807, 2.05) is 32.0 Å². The topological polar surface area (TPSA) is 76.8 Å². The van der Waals surface area contributed by atoms with Crippen LogP contribution in [0.25, 0.3) is 0 Å². The number of nitrogens with zero attached hydrogens (tertiary/aromatic N) is 1. The van der Waals surface area contributed by atoms with E-state index in [9.17, 15) is 13.2 Å². The number of hydrogen-bond acceptors (Lipinski definition) is 5. The molecule has 2 heterocycles. The van der Waals surface area contributed by atoms with Crippen LogP contribution in [0.3, 0.4) is 0 Å². The van der Waals surface area contributed by atoms with E-state index >= 15 is 0 Å². The van der Waals surface area contributed by atoms with Gasteiger partial charge in [-0.05, 0) is 55.7 Å². The van der Waals surface area contributed by atoms with Crippen molar-refractivity contribution in [2.24, 2.45) is 0 Å². The molecule has 1 fully saturated rings. The minimum Gasteiger partial charge on any atom is -0.484 e. The third-order valence-electron chi connectivity index (χ3n) is 4.72. The van der Waals surface area contributed by atoms with Crippen molar-refractivity contribution in [2.75, 3.05) is 18.1 Å². The quantitative estimate of drug-likeness (QED) is 0.773. The van der Waals surface area contributed by atoms with Crippen LogP contribution < -0.4 is 4.74 Å². The summed E-state index contributed by atoms with van der Waals surface area (Å²) >= 11 is 0. The summed E-state index contributed by atoms with van der Waals surface area (Å²) in [6, 6.07) is 8.83. The second-order valence-corrected chi connectivity index (χ2v) is 8.92. The Kier molecular flexibility index (Phi) is 5.36. The summed E-state index contributed by atoms with van der Waals surface area (Å²) in [5.74, 6) is 1.09. The summed E-state index contributed by atoms with van der Waals surface area (Å²) in [6.07, 6.45) is 1.98. The van der Waals surface area contributed by atoms with Gasteiger partial charge in [-0.25, -0.2) is 8.42 Å². The first-order valence-electron chi connectivity index (χ1n) is 8.56. The summed E-state index contributed by atoms with van der Waals surface area (Å²) in [5, 5.41) is 0. The zero-order valence-corrected chi connectivity index (χ0v) is 15.8. The van der Waals surface area contributed by atoms with Crippen LogP contribution in [0.5, 0.6) is 5.75 Å². The van der Waals surface area contributed by atoms with E-state index in [0.717, 1.165) is 11.1 Å². The van der Waals surface area contributed by atoms with Gasteiger partial charge in [-0.15, -0.1) is 0 Å². The Bertz CT molecular complexity index is 873. The van der Waals surface area contributed by atoms with E-state index in [1.165, 1.54) is 6.26 Å². The van der Waals surface area contributed by atoms with Gasteiger partial charge < -0.3 is 14.1 Å². The van der Waals surface area contributed by atoms with Gasteiger partial charge in [-0.3, -0.25) is 4.79 Å². The second-order valence-electron chi connectivity index (χ2n) is 6.69. The molecule has 0 unspecified atom stereocenters. The number of furan rings is 1. The van der Waals surface area contributed by atoms with Crippen molar-refractivity contribution >= 4 is 15.7 Å². The van der Waals surface area contributed by atoms with Gasteiger partial charge in [0.2, 0.25) is 0 Å². The molecule has 1 aliphatic heterocycles. The van der Waals surface area contributed by atoms with Crippen molar-refractivity contribution in [1.29, 1.82) is 0 Å². The number of hydrogen-bond donors (Lipinski definition) is 0. The van der Waals surface area contributed by atoms with Crippen LogP contribution >= 0.6 is 0 Å². The van der Waals surface area contributed by atoms with E-state index in [4.69, 9.17) is 9.15 Å². The molecule has 1 saturated heterocycles. The van der Waals surface area contributed by atoms with E-state index in [-0.39, 0.29) is 36.6 Å². The van der Waals surface area contributed by atoms with Crippen LogP contribution in [0.1, 0.15) is 23.3 Å². The van der Waals surface area contributed by atoms with E-state index in [2.05, 4.69) is 0 Å². The van der Waals surface area contributed by atoms with Crippen LogP contribution in [0, 0.1) is 13.8 Å². The van der Waals surface area contributed by atoms with E-state index < -0.39 is 9.84 Å². The number of benzene rings is 1. The Morgan fingerprint density at radius 3 is 2.69 bits per heavy atom. The maximum atomic E-state index is 12.8. The third-order valence-corrected chi connectivity index (χ3v) is 6.47. The molecule has 7 heteroatoms. The van der Waals surface area contributed by atoms with E-state index in [0.29, 0.717) is 17.9 Å². The number of ether oxygens (including phenoxy) is 1. The summed E-state index contributed by atoms with van der Waals surface area (Å²) in [4.78, 5) is 14.3. The standard InChI is InChI=1S/C19H23NO5S/c1-14-5-6-17(10-15(14)2)25-12-19(21)20(11-18-4-3-8-24-18)16-7-9-26(22,23)13-16/h3-6,8,10,16H,7,9,11-13H2,1-2H3/t16-/m1/s1. The molecule has 0 spiro atoms. The van der Waals surface area contributed by atoms with Crippen molar-refractivity contribution < 1.29 is 22.4 Å². The predicted octanol–water partition coefficient (Wildman–Crippen LogP) is 2.49. The van der Waals surface area contributed by atoms with E-state index in [1.54, 1.807) is 17.0 Å². The normalized spacial score (nSPS) is 18.6. The fraction of sp³-hybridized carbons (Fsp3) is 0.421. The van der Waals surface area contributed by atoms with Crippen molar-refractivity contribution in [2.45, 2.75) is 32.9 Å². The highest BCUT2D eigenvalue weighted by molar-refractivity contribution is 7.91. The Labute approximate surface area is 153 Å². The zero-order valence-electron chi connectivity index (χ0n) is 15.0. The number of carbonyl (C=O) groups excluding carboxylic acids is 1. The van der Waals surface area contributed by atoms with Gasteiger partial charge in [-0.1, -0.05) is 6.07 Å². The molecule has 26 heavy (non-hydrogen) atoms. The van der Waals surface area contributed by atoms with Gasteiger partial charge in [0.25, 0.3) is 5.91 Å². The molecule has 1 aromatic carbocycles. The second kappa shape index (κ2) is 7.53. The maximum absolute atomic E-state index is 12.8. The van der Waals surface area contributed by atoms with Crippen LogP contribution in [-0.2, 0) is 21.2 Å². The van der Waals surface area contributed by atoms with Gasteiger partial charge in [0.05, 0.1) is 24.3 Å². The lowest BCUT2D eigenvalue weighted by Gasteiger charge is -2.27. The molecule has 1 aliphatic rings. The van der Waals surface area contributed by atoms with Gasteiger partial charge in [0.1, 0.15) is 11.5 Å². The number of sulfone groups is 1. The summed E-state index contributed by atoms with van der Waals surface area (Å²) in [7, 11) is -3.10. The molecule has 2 aromatic rings. The smallest absolute Gasteiger partial charge is 0.261 e. The first-order chi connectivity index (χ1) is 12.3.